The minimum absolute atomic E-state index is 0.0752. The van der Waals surface area contributed by atoms with E-state index in [1.165, 1.54) is 4.90 Å². The van der Waals surface area contributed by atoms with Crippen molar-refractivity contribution in [1.82, 2.24) is 0 Å². The highest BCUT2D eigenvalue weighted by atomic mass is 32.2. The quantitative estimate of drug-likeness (QED) is 0.819. The molecule has 17 heavy (non-hydrogen) atoms. The molecule has 1 aromatic carbocycles. The Morgan fingerprint density at radius 1 is 1.41 bits per heavy atom. The van der Waals surface area contributed by atoms with Crippen LogP contribution < -0.4 is 10.6 Å². The van der Waals surface area contributed by atoms with Crippen molar-refractivity contribution in [1.29, 1.82) is 0 Å². The van der Waals surface area contributed by atoms with Crippen molar-refractivity contribution < 1.29 is 4.79 Å². The maximum atomic E-state index is 11.9. The zero-order valence-corrected chi connectivity index (χ0v) is 11.5. The molecule has 1 aromatic rings. The minimum atomic E-state index is 0.0752. The van der Waals surface area contributed by atoms with Gasteiger partial charge in [0.15, 0.2) is 0 Å². The Morgan fingerprint density at radius 2 is 2.00 bits per heavy atom. The molecule has 0 aliphatic rings. The Bertz CT molecular complexity index is 362. The van der Waals surface area contributed by atoms with E-state index in [9.17, 15) is 4.79 Å². The highest BCUT2D eigenvalue weighted by molar-refractivity contribution is 7.98. The van der Waals surface area contributed by atoms with Crippen LogP contribution >= 0.6 is 11.8 Å². The van der Waals surface area contributed by atoms with Crippen LogP contribution in [-0.2, 0) is 4.79 Å². The molecule has 0 radical (unpaired) electrons. The van der Waals surface area contributed by atoms with Crippen LogP contribution in [0.3, 0.4) is 0 Å². The van der Waals surface area contributed by atoms with Gasteiger partial charge in [-0.05, 0) is 43.9 Å². The van der Waals surface area contributed by atoms with Gasteiger partial charge < -0.3 is 10.6 Å². The van der Waals surface area contributed by atoms with Crippen LogP contribution in [-0.4, -0.2) is 25.3 Å². The second kappa shape index (κ2) is 6.67. The number of nitrogens with two attached hydrogens (primary N) is 1. The van der Waals surface area contributed by atoms with E-state index in [0.717, 1.165) is 12.1 Å². The number of anilines is 1. The first kappa shape index (κ1) is 14.1. The molecule has 0 aliphatic heterocycles. The van der Waals surface area contributed by atoms with Gasteiger partial charge in [0.2, 0.25) is 5.91 Å². The van der Waals surface area contributed by atoms with Crippen LogP contribution in [0.4, 0.5) is 5.69 Å². The molecule has 0 heterocycles. The van der Waals surface area contributed by atoms with Gasteiger partial charge in [-0.2, -0.15) is 0 Å². The van der Waals surface area contributed by atoms with Gasteiger partial charge in [-0.25, -0.2) is 0 Å². The van der Waals surface area contributed by atoms with Crippen molar-refractivity contribution >= 4 is 23.4 Å². The first-order chi connectivity index (χ1) is 8.04. The molecule has 1 amide bonds. The van der Waals surface area contributed by atoms with Gasteiger partial charge in [0.1, 0.15) is 0 Å². The molecule has 3 nitrogen and oxygen atoms in total. The number of hydrogen-bond donors (Lipinski definition) is 1. The first-order valence-electron chi connectivity index (χ1n) is 5.70. The number of carbonyl (C=O) groups excluding carboxylic acids is 1. The van der Waals surface area contributed by atoms with E-state index in [1.54, 1.807) is 23.7 Å². The molecule has 94 valence electrons. The average Bonchev–Trinajstić information content (AvgIpc) is 2.35. The summed E-state index contributed by atoms with van der Waals surface area (Å²) in [5.74, 6) is 0.110. The molecule has 1 rings (SSSR count). The minimum Gasteiger partial charge on any atom is -0.328 e. The van der Waals surface area contributed by atoms with E-state index >= 15 is 0 Å². The number of rotatable bonds is 5. The Morgan fingerprint density at radius 3 is 2.47 bits per heavy atom. The van der Waals surface area contributed by atoms with Crippen molar-refractivity contribution in [3.63, 3.8) is 0 Å². The molecule has 4 heteroatoms. The van der Waals surface area contributed by atoms with Crippen LogP contribution in [0.2, 0.25) is 0 Å². The molecule has 0 aromatic heterocycles. The third-order valence-corrected chi connectivity index (χ3v) is 3.39. The van der Waals surface area contributed by atoms with Gasteiger partial charge in [0.05, 0.1) is 0 Å². The van der Waals surface area contributed by atoms with Crippen molar-refractivity contribution in [2.75, 3.05) is 18.2 Å². The summed E-state index contributed by atoms with van der Waals surface area (Å²) in [6, 6.07) is 8.06. The summed E-state index contributed by atoms with van der Waals surface area (Å²) in [6.07, 6.45) is 3.26. The fraction of sp³-hybridized carbons (Fsp3) is 0.462. The fourth-order valence-electron chi connectivity index (χ4n) is 1.47. The summed E-state index contributed by atoms with van der Waals surface area (Å²) in [5, 5.41) is 0. The molecule has 0 aliphatic carbocycles. The summed E-state index contributed by atoms with van der Waals surface area (Å²) in [6.45, 7) is 1.92. The van der Waals surface area contributed by atoms with Crippen LogP contribution in [0.1, 0.15) is 19.8 Å². The maximum Gasteiger partial charge on any atom is 0.226 e. The lowest BCUT2D eigenvalue weighted by molar-refractivity contribution is -0.118. The highest BCUT2D eigenvalue weighted by Gasteiger charge is 2.11. The monoisotopic (exact) mass is 252 g/mol. The van der Waals surface area contributed by atoms with E-state index in [1.807, 2.05) is 37.4 Å². The van der Waals surface area contributed by atoms with Crippen LogP contribution in [0, 0.1) is 0 Å². The Kier molecular flexibility index (Phi) is 5.51. The maximum absolute atomic E-state index is 11.9. The van der Waals surface area contributed by atoms with Gasteiger partial charge in [0.25, 0.3) is 0 Å². The van der Waals surface area contributed by atoms with Crippen LogP contribution in [0.15, 0.2) is 29.2 Å². The molecule has 1 atom stereocenters. The molecule has 2 N–H and O–H groups in total. The fourth-order valence-corrected chi connectivity index (χ4v) is 1.88. The van der Waals surface area contributed by atoms with Gasteiger partial charge in [0, 0.05) is 30.1 Å². The predicted octanol–water partition coefficient (Wildman–Crippen LogP) is 2.50. The topological polar surface area (TPSA) is 46.3 Å². The van der Waals surface area contributed by atoms with Gasteiger partial charge in [-0.3, -0.25) is 4.79 Å². The first-order valence-corrected chi connectivity index (χ1v) is 6.93. The molecule has 0 spiro atoms. The van der Waals surface area contributed by atoms with Crippen LogP contribution in [0.25, 0.3) is 0 Å². The smallest absolute Gasteiger partial charge is 0.226 e. The summed E-state index contributed by atoms with van der Waals surface area (Å²) < 4.78 is 0. The lowest BCUT2D eigenvalue weighted by Crippen LogP contribution is -2.28. The molecule has 0 saturated carbocycles. The normalized spacial score (nSPS) is 12.2. The number of thioether (sulfide) groups is 1. The Hall–Kier alpha value is -1.00. The highest BCUT2D eigenvalue weighted by Crippen LogP contribution is 2.20. The largest absolute Gasteiger partial charge is 0.328 e. The standard InChI is InChI=1S/C13H20N2OS/c1-10(14)4-9-13(16)15(2)11-5-7-12(17-3)8-6-11/h5-8,10H,4,9,14H2,1-3H3. The lowest BCUT2D eigenvalue weighted by Gasteiger charge is -2.18. The Balaban J connectivity index is 2.61. The third kappa shape index (κ3) is 4.40. The zero-order valence-electron chi connectivity index (χ0n) is 10.6. The molecule has 0 bridgehead atoms. The van der Waals surface area contributed by atoms with Gasteiger partial charge in [-0.1, -0.05) is 0 Å². The van der Waals surface area contributed by atoms with E-state index in [2.05, 4.69) is 0 Å². The van der Waals surface area contributed by atoms with E-state index < -0.39 is 0 Å². The summed E-state index contributed by atoms with van der Waals surface area (Å²) >= 11 is 1.69. The van der Waals surface area contributed by atoms with E-state index in [4.69, 9.17) is 5.73 Å². The van der Waals surface area contributed by atoms with Crippen molar-refractivity contribution in [2.24, 2.45) is 5.73 Å². The predicted molar refractivity (Wildman–Crippen MR) is 74.5 cm³/mol. The lowest BCUT2D eigenvalue weighted by atomic mass is 10.2. The Labute approximate surface area is 107 Å². The summed E-state index contributed by atoms with van der Waals surface area (Å²) in [4.78, 5) is 14.8. The van der Waals surface area contributed by atoms with E-state index in [-0.39, 0.29) is 11.9 Å². The van der Waals surface area contributed by atoms with E-state index in [0.29, 0.717) is 6.42 Å². The van der Waals surface area contributed by atoms with Gasteiger partial charge >= 0.3 is 0 Å². The zero-order chi connectivity index (χ0) is 12.8. The third-order valence-electron chi connectivity index (χ3n) is 2.65. The van der Waals surface area contributed by atoms with Crippen LogP contribution in [0.5, 0.6) is 0 Å². The second-order valence-electron chi connectivity index (χ2n) is 4.17. The molecule has 0 saturated heterocycles. The van der Waals surface area contributed by atoms with Gasteiger partial charge in [-0.15, -0.1) is 11.8 Å². The number of hydrogen-bond acceptors (Lipinski definition) is 3. The molecule has 1 unspecified atom stereocenters. The molecule has 0 fully saturated rings. The van der Waals surface area contributed by atoms with Crippen molar-refractivity contribution in [3.05, 3.63) is 24.3 Å². The number of carbonyl (C=O) groups is 1. The summed E-state index contributed by atoms with van der Waals surface area (Å²) in [5.41, 5.74) is 6.57. The average molecular weight is 252 g/mol. The molecular formula is C13H20N2OS. The molecular weight excluding hydrogens is 232 g/mol. The summed E-state index contributed by atoms with van der Waals surface area (Å²) in [7, 11) is 1.80. The number of nitrogens with zero attached hydrogens (tertiary/aromatic N) is 1. The number of amides is 1. The van der Waals surface area contributed by atoms with Crippen molar-refractivity contribution in [2.45, 2.75) is 30.7 Å². The SMILES string of the molecule is CSc1ccc(N(C)C(=O)CCC(C)N)cc1. The number of benzene rings is 1. The second-order valence-corrected chi connectivity index (χ2v) is 5.05. The van der Waals surface area contributed by atoms with Crippen molar-refractivity contribution in [3.8, 4) is 0 Å².